The molecule has 0 radical (unpaired) electrons. The van der Waals surface area contributed by atoms with Gasteiger partial charge in [-0.3, -0.25) is 4.79 Å². The number of rotatable bonds is 3. The quantitative estimate of drug-likeness (QED) is 0.910. The van der Waals surface area contributed by atoms with Crippen LogP contribution >= 0.6 is 0 Å². The number of anilines is 1. The van der Waals surface area contributed by atoms with Crippen LogP contribution in [-0.2, 0) is 11.4 Å². The molecule has 1 aliphatic rings. The number of ether oxygens (including phenoxy) is 1. The van der Waals surface area contributed by atoms with Gasteiger partial charge in [0.1, 0.15) is 5.75 Å². The van der Waals surface area contributed by atoms with Crippen molar-refractivity contribution >= 4 is 11.6 Å². The molecule has 2 aromatic rings. The van der Waals surface area contributed by atoms with E-state index in [-0.39, 0.29) is 18.4 Å². The molecule has 4 heteroatoms. The summed E-state index contributed by atoms with van der Waals surface area (Å²) in [6.07, 6.45) is 0.657. The Kier molecular flexibility index (Phi) is 3.88. The van der Waals surface area contributed by atoms with E-state index in [1.54, 1.807) is 12.1 Å². The summed E-state index contributed by atoms with van der Waals surface area (Å²) in [5.74, 6) is 0.493. The fourth-order valence-electron chi connectivity index (χ4n) is 2.61. The lowest BCUT2D eigenvalue weighted by Gasteiger charge is -2.25. The SMILES string of the molecule is O=C(Nc1ccccc1CO)C1CCOc2ccccc21. The van der Waals surface area contributed by atoms with E-state index in [1.807, 2.05) is 36.4 Å². The Labute approximate surface area is 123 Å². The van der Waals surface area contributed by atoms with Gasteiger partial charge in [-0.25, -0.2) is 0 Å². The number of amides is 1. The van der Waals surface area contributed by atoms with E-state index >= 15 is 0 Å². The number of aliphatic hydroxyl groups excluding tert-OH is 1. The second-order valence-electron chi connectivity index (χ2n) is 5.03. The highest BCUT2D eigenvalue weighted by molar-refractivity contribution is 5.97. The molecule has 0 fully saturated rings. The molecule has 1 unspecified atom stereocenters. The van der Waals surface area contributed by atoms with Gasteiger partial charge < -0.3 is 15.2 Å². The van der Waals surface area contributed by atoms with E-state index in [4.69, 9.17) is 4.74 Å². The van der Waals surface area contributed by atoms with Crippen LogP contribution < -0.4 is 10.1 Å². The third-order valence-electron chi connectivity index (χ3n) is 3.72. The summed E-state index contributed by atoms with van der Waals surface area (Å²) in [6, 6.07) is 14.9. The smallest absolute Gasteiger partial charge is 0.232 e. The van der Waals surface area contributed by atoms with Crippen LogP contribution in [0.1, 0.15) is 23.5 Å². The summed E-state index contributed by atoms with van der Waals surface area (Å²) >= 11 is 0. The summed E-state index contributed by atoms with van der Waals surface area (Å²) in [7, 11) is 0. The second-order valence-corrected chi connectivity index (χ2v) is 5.03. The third kappa shape index (κ3) is 2.76. The first-order chi connectivity index (χ1) is 10.3. The van der Waals surface area contributed by atoms with Crippen LogP contribution in [0.15, 0.2) is 48.5 Å². The minimum absolute atomic E-state index is 0.0633. The Balaban J connectivity index is 1.84. The van der Waals surface area contributed by atoms with Crippen LogP contribution in [-0.4, -0.2) is 17.6 Å². The van der Waals surface area contributed by atoms with Crippen molar-refractivity contribution in [3.8, 4) is 5.75 Å². The summed E-state index contributed by atoms with van der Waals surface area (Å²) in [4.78, 5) is 12.6. The molecule has 0 bridgehead atoms. The van der Waals surface area contributed by atoms with E-state index in [9.17, 15) is 9.90 Å². The maximum absolute atomic E-state index is 12.6. The summed E-state index contributed by atoms with van der Waals surface area (Å²) in [6.45, 7) is 0.442. The molecule has 0 aromatic heterocycles. The highest BCUT2D eigenvalue weighted by Gasteiger charge is 2.27. The standard InChI is InChI=1S/C17H17NO3/c19-11-12-5-1-3-7-15(12)18-17(20)14-9-10-21-16-8-4-2-6-13(14)16/h1-8,14,19H,9-11H2,(H,18,20). The minimum Gasteiger partial charge on any atom is -0.493 e. The molecule has 4 nitrogen and oxygen atoms in total. The molecule has 21 heavy (non-hydrogen) atoms. The maximum atomic E-state index is 12.6. The van der Waals surface area contributed by atoms with Crippen LogP contribution in [0.2, 0.25) is 0 Å². The fraction of sp³-hybridized carbons (Fsp3) is 0.235. The van der Waals surface area contributed by atoms with Crippen molar-refractivity contribution in [1.29, 1.82) is 0 Å². The van der Waals surface area contributed by atoms with Gasteiger partial charge in [0.05, 0.1) is 19.1 Å². The highest BCUT2D eigenvalue weighted by atomic mass is 16.5. The van der Waals surface area contributed by atoms with E-state index in [0.29, 0.717) is 24.3 Å². The molecular formula is C17H17NO3. The number of aliphatic hydroxyl groups is 1. The van der Waals surface area contributed by atoms with Gasteiger partial charge in [-0.05, 0) is 18.6 Å². The van der Waals surface area contributed by atoms with Crippen LogP contribution in [0.25, 0.3) is 0 Å². The number of carbonyl (C=O) groups is 1. The molecule has 0 saturated carbocycles. The van der Waals surface area contributed by atoms with E-state index in [0.717, 1.165) is 11.3 Å². The second kappa shape index (κ2) is 5.97. The van der Waals surface area contributed by atoms with Crippen molar-refractivity contribution in [3.05, 3.63) is 59.7 Å². The number of para-hydroxylation sites is 2. The maximum Gasteiger partial charge on any atom is 0.232 e. The molecule has 3 rings (SSSR count). The molecule has 0 spiro atoms. The molecule has 1 aliphatic heterocycles. The Hall–Kier alpha value is -2.33. The van der Waals surface area contributed by atoms with Crippen molar-refractivity contribution in [2.75, 3.05) is 11.9 Å². The molecule has 2 aromatic carbocycles. The summed E-state index contributed by atoms with van der Waals surface area (Å²) < 4.78 is 5.58. The number of carbonyl (C=O) groups excluding carboxylic acids is 1. The van der Waals surface area contributed by atoms with E-state index < -0.39 is 0 Å². The van der Waals surface area contributed by atoms with Gasteiger partial charge in [-0.2, -0.15) is 0 Å². The van der Waals surface area contributed by atoms with Gasteiger partial charge in [0.25, 0.3) is 0 Å². The first-order valence-corrected chi connectivity index (χ1v) is 7.01. The molecule has 2 N–H and O–H groups in total. The average Bonchev–Trinajstić information content (AvgIpc) is 2.54. The Morgan fingerprint density at radius 1 is 1.19 bits per heavy atom. The number of fused-ring (bicyclic) bond motifs is 1. The molecule has 1 amide bonds. The average molecular weight is 283 g/mol. The Morgan fingerprint density at radius 3 is 2.81 bits per heavy atom. The Morgan fingerprint density at radius 2 is 1.95 bits per heavy atom. The number of hydrogen-bond donors (Lipinski definition) is 2. The lowest BCUT2D eigenvalue weighted by molar-refractivity contribution is -0.118. The zero-order chi connectivity index (χ0) is 14.7. The highest BCUT2D eigenvalue weighted by Crippen LogP contribution is 2.34. The van der Waals surface area contributed by atoms with Gasteiger partial charge in [0.2, 0.25) is 5.91 Å². The van der Waals surface area contributed by atoms with E-state index in [2.05, 4.69) is 5.32 Å². The Bertz CT molecular complexity index is 654. The van der Waals surface area contributed by atoms with Crippen LogP contribution in [0.5, 0.6) is 5.75 Å². The predicted molar refractivity (Wildman–Crippen MR) is 80.3 cm³/mol. The van der Waals surface area contributed by atoms with Gasteiger partial charge in [0.15, 0.2) is 0 Å². The number of benzene rings is 2. The zero-order valence-corrected chi connectivity index (χ0v) is 11.6. The molecule has 1 heterocycles. The molecule has 0 saturated heterocycles. The third-order valence-corrected chi connectivity index (χ3v) is 3.72. The van der Waals surface area contributed by atoms with Crippen LogP contribution in [0.4, 0.5) is 5.69 Å². The van der Waals surface area contributed by atoms with Crippen molar-refractivity contribution < 1.29 is 14.6 Å². The normalized spacial score (nSPS) is 16.7. The van der Waals surface area contributed by atoms with Crippen molar-refractivity contribution in [2.24, 2.45) is 0 Å². The topological polar surface area (TPSA) is 58.6 Å². The van der Waals surface area contributed by atoms with Crippen LogP contribution in [0.3, 0.4) is 0 Å². The largest absolute Gasteiger partial charge is 0.493 e. The summed E-state index contributed by atoms with van der Waals surface area (Å²) in [5, 5.41) is 12.2. The molecule has 108 valence electrons. The van der Waals surface area contributed by atoms with Gasteiger partial charge in [-0.15, -0.1) is 0 Å². The molecular weight excluding hydrogens is 266 g/mol. The lowest BCUT2D eigenvalue weighted by atomic mass is 9.92. The van der Waals surface area contributed by atoms with Crippen molar-refractivity contribution in [2.45, 2.75) is 18.9 Å². The monoisotopic (exact) mass is 283 g/mol. The van der Waals surface area contributed by atoms with Crippen molar-refractivity contribution in [1.82, 2.24) is 0 Å². The first kappa shape index (κ1) is 13.6. The lowest BCUT2D eigenvalue weighted by Crippen LogP contribution is -2.26. The van der Waals surface area contributed by atoms with E-state index in [1.165, 1.54) is 0 Å². The predicted octanol–water partition coefficient (Wildman–Crippen LogP) is 2.68. The molecule has 1 atom stereocenters. The van der Waals surface area contributed by atoms with Crippen LogP contribution in [0, 0.1) is 0 Å². The van der Waals surface area contributed by atoms with Gasteiger partial charge in [-0.1, -0.05) is 36.4 Å². The zero-order valence-electron chi connectivity index (χ0n) is 11.6. The fourth-order valence-corrected chi connectivity index (χ4v) is 2.61. The van der Waals surface area contributed by atoms with Gasteiger partial charge in [0, 0.05) is 16.8 Å². The minimum atomic E-state index is -0.221. The summed E-state index contributed by atoms with van der Waals surface area (Å²) in [5.41, 5.74) is 2.29. The van der Waals surface area contributed by atoms with Crippen molar-refractivity contribution in [3.63, 3.8) is 0 Å². The number of hydrogen-bond acceptors (Lipinski definition) is 3. The molecule has 0 aliphatic carbocycles. The van der Waals surface area contributed by atoms with Gasteiger partial charge >= 0.3 is 0 Å². The number of nitrogens with one attached hydrogen (secondary N) is 1. The first-order valence-electron chi connectivity index (χ1n) is 7.01.